The summed E-state index contributed by atoms with van der Waals surface area (Å²) in [6, 6.07) is 24.9. The van der Waals surface area contributed by atoms with Gasteiger partial charge in [0, 0.05) is 30.6 Å². The maximum absolute atomic E-state index is 14.1. The molecule has 226 valence electrons. The standard InChI is InChI=1S/C33H33N5O4S2/c1-24(2)42-16-6-15-36-33(39)32-18-27-17-28(13-14-31(27)43-32)38(44(40,41)30-7-4-3-5-8-30)22-29-20-35-23-37(29)21-26-11-9-25(19-34)10-12-26/h3-5,7-14,17-18,20,23-24H,6,15-16,21-22H2,1-2H3,(H,36,39). The van der Waals surface area contributed by atoms with Gasteiger partial charge in [0.2, 0.25) is 0 Å². The fourth-order valence-corrected chi connectivity index (χ4v) is 7.07. The number of amides is 1. The molecule has 0 unspecified atom stereocenters. The summed E-state index contributed by atoms with van der Waals surface area (Å²) < 4.78 is 37.8. The first-order valence-corrected chi connectivity index (χ1v) is 16.5. The van der Waals surface area contributed by atoms with Crippen LogP contribution in [-0.4, -0.2) is 43.1 Å². The molecule has 0 aliphatic heterocycles. The van der Waals surface area contributed by atoms with Crippen molar-refractivity contribution in [1.29, 1.82) is 5.26 Å². The summed E-state index contributed by atoms with van der Waals surface area (Å²) >= 11 is 1.36. The molecular formula is C33H33N5O4S2. The maximum Gasteiger partial charge on any atom is 0.264 e. The number of anilines is 1. The van der Waals surface area contributed by atoms with E-state index in [1.807, 2.05) is 36.6 Å². The second-order valence-electron chi connectivity index (χ2n) is 10.5. The molecule has 1 N–H and O–H groups in total. The van der Waals surface area contributed by atoms with Crippen molar-refractivity contribution in [3.8, 4) is 6.07 Å². The highest BCUT2D eigenvalue weighted by Crippen LogP contribution is 2.33. The zero-order valence-electron chi connectivity index (χ0n) is 24.5. The minimum absolute atomic E-state index is 0.0366. The van der Waals surface area contributed by atoms with Crippen LogP contribution in [0.4, 0.5) is 5.69 Å². The molecule has 0 atom stereocenters. The summed E-state index contributed by atoms with van der Waals surface area (Å²) in [5.74, 6) is -0.169. The molecule has 0 aliphatic rings. The van der Waals surface area contributed by atoms with Gasteiger partial charge in [-0.15, -0.1) is 11.3 Å². The molecule has 5 rings (SSSR count). The van der Waals surface area contributed by atoms with Crippen LogP contribution in [0.15, 0.2) is 96.3 Å². The topological polar surface area (TPSA) is 117 Å². The average molecular weight is 628 g/mol. The molecule has 0 radical (unpaired) electrons. The highest BCUT2D eigenvalue weighted by Gasteiger charge is 2.27. The molecular weight excluding hydrogens is 595 g/mol. The summed E-state index contributed by atoms with van der Waals surface area (Å²) in [7, 11) is -3.96. The number of imidazole rings is 1. The molecule has 0 fully saturated rings. The molecule has 0 saturated carbocycles. The van der Waals surface area contributed by atoms with E-state index in [0.717, 1.165) is 15.6 Å². The van der Waals surface area contributed by atoms with Crippen LogP contribution in [0, 0.1) is 11.3 Å². The summed E-state index contributed by atoms with van der Waals surface area (Å²) in [5.41, 5.74) is 2.70. The van der Waals surface area contributed by atoms with Gasteiger partial charge < -0.3 is 14.6 Å². The molecule has 9 nitrogen and oxygen atoms in total. The van der Waals surface area contributed by atoms with E-state index in [1.165, 1.54) is 15.6 Å². The summed E-state index contributed by atoms with van der Waals surface area (Å²) in [4.78, 5) is 17.9. The highest BCUT2D eigenvalue weighted by molar-refractivity contribution is 7.92. The van der Waals surface area contributed by atoms with E-state index in [2.05, 4.69) is 16.4 Å². The van der Waals surface area contributed by atoms with Gasteiger partial charge in [-0.2, -0.15) is 5.26 Å². The molecule has 0 aliphatic carbocycles. The second-order valence-corrected chi connectivity index (χ2v) is 13.5. The second kappa shape index (κ2) is 13.9. The van der Waals surface area contributed by atoms with E-state index >= 15 is 0 Å². The third-order valence-electron chi connectivity index (χ3n) is 6.94. The fraction of sp³-hybridized carbons (Fsp3) is 0.242. The van der Waals surface area contributed by atoms with E-state index in [1.54, 1.807) is 73.2 Å². The van der Waals surface area contributed by atoms with Crippen LogP contribution in [0.2, 0.25) is 0 Å². The Morgan fingerprint density at radius 2 is 1.86 bits per heavy atom. The zero-order chi connectivity index (χ0) is 31.1. The highest BCUT2D eigenvalue weighted by atomic mass is 32.2. The van der Waals surface area contributed by atoms with Gasteiger partial charge in [0.15, 0.2) is 0 Å². The number of nitrogens with one attached hydrogen (secondary N) is 1. The molecule has 5 aromatic rings. The third-order valence-corrected chi connectivity index (χ3v) is 9.84. The third kappa shape index (κ3) is 7.34. The summed E-state index contributed by atoms with van der Waals surface area (Å²) in [6.07, 6.45) is 4.20. The molecule has 11 heteroatoms. The van der Waals surface area contributed by atoms with Gasteiger partial charge in [-0.25, -0.2) is 13.4 Å². The number of carbonyl (C=O) groups is 1. The SMILES string of the molecule is CC(C)OCCCNC(=O)c1cc2cc(N(Cc3cncn3Cc3ccc(C#N)cc3)S(=O)(=O)c3ccccc3)ccc2s1. The van der Waals surface area contributed by atoms with Crippen LogP contribution in [-0.2, 0) is 27.8 Å². The average Bonchev–Trinajstić information content (AvgIpc) is 3.66. The van der Waals surface area contributed by atoms with Crippen LogP contribution >= 0.6 is 11.3 Å². The number of nitrogens with zero attached hydrogens (tertiary/aromatic N) is 4. The smallest absolute Gasteiger partial charge is 0.264 e. The number of nitriles is 1. The van der Waals surface area contributed by atoms with Gasteiger partial charge in [-0.1, -0.05) is 30.3 Å². The largest absolute Gasteiger partial charge is 0.379 e. The van der Waals surface area contributed by atoms with Gasteiger partial charge in [0.25, 0.3) is 15.9 Å². The Kier molecular flexibility index (Phi) is 9.75. The Morgan fingerprint density at radius 3 is 2.59 bits per heavy atom. The number of hydrogen-bond donors (Lipinski definition) is 1. The van der Waals surface area contributed by atoms with Crippen LogP contribution in [0.25, 0.3) is 10.1 Å². The van der Waals surface area contributed by atoms with E-state index in [0.29, 0.717) is 47.9 Å². The molecule has 2 aromatic heterocycles. The number of fused-ring (bicyclic) bond motifs is 1. The lowest BCUT2D eigenvalue weighted by Gasteiger charge is -2.25. The predicted molar refractivity (Wildman–Crippen MR) is 172 cm³/mol. The Labute approximate surface area is 261 Å². The van der Waals surface area contributed by atoms with Gasteiger partial charge in [-0.05, 0) is 79.7 Å². The molecule has 0 spiro atoms. The van der Waals surface area contributed by atoms with Crippen molar-refractivity contribution in [2.24, 2.45) is 0 Å². The van der Waals surface area contributed by atoms with E-state index < -0.39 is 10.0 Å². The van der Waals surface area contributed by atoms with Crippen LogP contribution in [0.1, 0.15) is 46.8 Å². The van der Waals surface area contributed by atoms with Crippen molar-refractivity contribution in [2.45, 2.75) is 44.4 Å². The molecule has 0 saturated heterocycles. The molecule has 44 heavy (non-hydrogen) atoms. The lowest BCUT2D eigenvalue weighted by Crippen LogP contribution is -2.31. The Hall–Kier alpha value is -4.50. The van der Waals surface area contributed by atoms with Crippen molar-refractivity contribution in [1.82, 2.24) is 14.9 Å². The van der Waals surface area contributed by atoms with Crippen LogP contribution in [0.3, 0.4) is 0 Å². The molecule has 3 aromatic carbocycles. The molecule has 2 heterocycles. The monoisotopic (exact) mass is 627 g/mol. The summed E-state index contributed by atoms with van der Waals surface area (Å²) in [5, 5.41) is 12.8. The summed E-state index contributed by atoms with van der Waals surface area (Å²) in [6.45, 7) is 5.53. The van der Waals surface area contributed by atoms with Crippen molar-refractivity contribution in [2.75, 3.05) is 17.5 Å². The number of rotatable bonds is 13. The van der Waals surface area contributed by atoms with Crippen molar-refractivity contribution in [3.05, 3.63) is 113 Å². The Morgan fingerprint density at radius 1 is 1.09 bits per heavy atom. The van der Waals surface area contributed by atoms with Gasteiger partial charge in [0.05, 0.1) is 51.8 Å². The fourth-order valence-electron chi connectivity index (χ4n) is 4.66. The van der Waals surface area contributed by atoms with Gasteiger partial charge >= 0.3 is 0 Å². The van der Waals surface area contributed by atoms with E-state index in [4.69, 9.17) is 10.00 Å². The van der Waals surface area contributed by atoms with Crippen LogP contribution in [0.5, 0.6) is 0 Å². The molecule has 1 amide bonds. The first-order chi connectivity index (χ1) is 21.2. The normalized spacial score (nSPS) is 11.5. The minimum Gasteiger partial charge on any atom is -0.379 e. The molecule has 0 bridgehead atoms. The maximum atomic E-state index is 14.1. The number of benzene rings is 3. The van der Waals surface area contributed by atoms with Gasteiger partial charge in [-0.3, -0.25) is 9.10 Å². The van der Waals surface area contributed by atoms with Crippen molar-refractivity contribution < 1.29 is 17.9 Å². The van der Waals surface area contributed by atoms with Crippen molar-refractivity contribution >= 4 is 43.0 Å². The Bertz CT molecular complexity index is 1870. The minimum atomic E-state index is -3.96. The number of thiophene rings is 1. The lowest BCUT2D eigenvalue weighted by molar-refractivity contribution is 0.0757. The predicted octanol–water partition coefficient (Wildman–Crippen LogP) is 5.96. The quantitative estimate of drug-likeness (QED) is 0.161. The first-order valence-electron chi connectivity index (χ1n) is 14.2. The number of ether oxygens (including phenoxy) is 1. The number of hydrogen-bond acceptors (Lipinski definition) is 7. The number of carbonyl (C=O) groups excluding carboxylic acids is 1. The zero-order valence-corrected chi connectivity index (χ0v) is 26.1. The van der Waals surface area contributed by atoms with Gasteiger partial charge in [0.1, 0.15) is 0 Å². The van der Waals surface area contributed by atoms with Crippen molar-refractivity contribution in [3.63, 3.8) is 0 Å². The Balaban J connectivity index is 1.42. The first kappa shape index (κ1) is 30.9. The number of sulfonamides is 1. The van der Waals surface area contributed by atoms with E-state index in [-0.39, 0.29) is 23.5 Å². The van der Waals surface area contributed by atoms with Crippen LogP contribution < -0.4 is 9.62 Å². The lowest BCUT2D eigenvalue weighted by atomic mass is 10.1. The number of aromatic nitrogens is 2. The van der Waals surface area contributed by atoms with E-state index in [9.17, 15) is 13.2 Å².